The molecule has 1 aliphatic heterocycles. The lowest BCUT2D eigenvalue weighted by atomic mass is 9.96. The Balaban J connectivity index is 2.19. The zero-order valence-corrected chi connectivity index (χ0v) is 11.3. The molecule has 0 spiro atoms. The number of ether oxygens (including phenoxy) is 1. The minimum atomic E-state index is 0.153. The molecule has 1 atom stereocenters. The van der Waals surface area contributed by atoms with E-state index in [4.69, 9.17) is 10.6 Å². The van der Waals surface area contributed by atoms with Crippen molar-refractivity contribution in [2.75, 3.05) is 27.2 Å². The van der Waals surface area contributed by atoms with Crippen molar-refractivity contribution in [2.24, 2.45) is 5.84 Å². The third kappa shape index (κ3) is 3.02. The molecule has 18 heavy (non-hydrogen) atoms. The van der Waals surface area contributed by atoms with Crippen LogP contribution in [-0.4, -0.2) is 32.1 Å². The summed E-state index contributed by atoms with van der Waals surface area (Å²) >= 11 is 0. The standard InChI is InChI=1S/C14H23N3O/c1-17(2)9-8-13(16-15)12-7-3-5-11-6-4-10-18-14(11)12/h3,5,7,13,16H,4,6,8-10,15H2,1-2H3. The predicted molar refractivity (Wildman–Crippen MR) is 73.5 cm³/mol. The van der Waals surface area contributed by atoms with E-state index in [9.17, 15) is 0 Å². The van der Waals surface area contributed by atoms with Gasteiger partial charge >= 0.3 is 0 Å². The van der Waals surface area contributed by atoms with Crippen LogP contribution in [-0.2, 0) is 6.42 Å². The van der Waals surface area contributed by atoms with Crippen molar-refractivity contribution in [1.29, 1.82) is 0 Å². The summed E-state index contributed by atoms with van der Waals surface area (Å²) < 4.78 is 5.84. The average Bonchev–Trinajstić information content (AvgIpc) is 2.39. The molecule has 100 valence electrons. The van der Waals surface area contributed by atoms with E-state index in [0.717, 1.165) is 38.2 Å². The van der Waals surface area contributed by atoms with Gasteiger partial charge in [-0.1, -0.05) is 18.2 Å². The average molecular weight is 249 g/mol. The van der Waals surface area contributed by atoms with Gasteiger partial charge in [-0.3, -0.25) is 11.3 Å². The van der Waals surface area contributed by atoms with Gasteiger partial charge in [0.15, 0.2) is 0 Å². The Morgan fingerprint density at radius 1 is 1.44 bits per heavy atom. The fraction of sp³-hybridized carbons (Fsp3) is 0.571. The molecule has 0 aromatic heterocycles. The van der Waals surface area contributed by atoms with E-state index >= 15 is 0 Å². The van der Waals surface area contributed by atoms with Crippen LogP contribution in [0.15, 0.2) is 18.2 Å². The molecule has 3 N–H and O–H groups in total. The summed E-state index contributed by atoms with van der Waals surface area (Å²) in [5.41, 5.74) is 5.42. The van der Waals surface area contributed by atoms with Gasteiger partial charge in [0.1, 0.15) is 5.75 Å². The smallest absolute Gasteiger partial charge is 0.127 e. The first-order valence-corrected chi connectivity index (χ1v) is 6.58. The van der Waals surface area contributed by atoms with Crippen molar-refractivity contribution in [2.45, 2.75) is 25.3 Å². The minimum absolute atomic E-state index is 0.153. The second kappa shape index (κ2) is 6.18. The number of nitrogens with zero attached hydrogens (tertiary/aromatic N) is 1. The van der Waals surface area contributed by atoms with Crippen molar-refractivity contribution in [3.63, 3.8) is 0 Å². The molecular weight excluding hydrogens is 226 g/mol. The van der Waals surface area contributed by atoms with E-state index in [2.05, 4.69) is 42.6 Å². The predicted octanol–water partition coefficient (Wildman–Crippen LogP) is 1.47. The van der Waals surface area contributed by atoms with Crippen molar-refractivity contribution >= 4 is 0 Å². The largest absolute Gasteiger partial charge is 0.493 e. The van der Waals surface area contributed by atoms with Crippen LogP contribution in [0.5, 0.6) is 5.75 Å². The lowest BCUT2D eigenvalue weighted by Gasteiger charge is -2.25. The van der Waals surface area contributed by atoms with Gasteiger partial charge in [-0.2, -0.15) is 0 Å². The fourth-order valence-corrected chi connectivity index (χ4v) is 2.40. The van der Waals surface area contributed by atoms with Crippen LogP contribution < -0.4 is 16.0 Å². The van der Waals surface area contributed by atoms with Crippen LogP contribution in [0.4, 0.5) is 0 Å². The highest BCUT2D eigenvalue weighted by Crippen LogP contribution is 2.33. The Morgan fingerprint density at radius 3 is 3.00 bits per heavy atom. The van der Waals surface area contributed by atoms with E-state index in [1.54, 1.807) is 0 Å². The van der Waals surface area contributed by atoms with Gasteiger partial charge in [-0.25, -0.2) is 0 Å². The quantitative estimate of drug-likeness (QED) is 0.613. The summed E-state index contributed by atoms with van der Waals surface area (Å²) in [6, 6.07) is 6.52. The van der Waals surface area contributed by atoms with Crippen molar-refractivity contribution < 1.29 is 4.74 Å². The Kier molecular flexibility index (Phi) is 4.58. The molecular formula is C14H23N3O. The Labute approximate surface area is 109 Å². The normalized spacial score (nSPS) is 16.2. The highest BCUT2D eigenvalue weighted by atomic mass is 16.5. The molecule has 0 fully saturated rings. The first-order valence-electron chi connectivity index (χ1n) is 6.58. The third-order valence-electron chi connectivity index (χ3n) is 3.41. The molecule has 0 aliphatic carbocycles. The number of hydrazine groups is 1. The molecule has 2 rings (SSSR count). The molecule has 4 nitrogen and oxygen atoms in total. The van der Waals surface area contributed by atoms with Crippen LogP contribution in [0.3, 0.4) is 0 Å². The monoisotopic (exact) mass is 249 g/mol. The summed E-state index contributed by atoms with van der Waals surface area (Å²) in [5, 5.41) is 0. The Morgan fingerprint density at radius 2 is 2.28 bits per heavy atom. The number of aryl methyl sites for hydroxylation is 1. The number of fused-ring (bicyclic) bond motifs is 1. The molecule has 1 aromatic rings. The molecule has 1 heterocycles. The van der Waals surface area contributed by atoms with E-state index in [-0.39, 0.29) is 6.04 Å². The lowest BCUT2D eigenvalue weighted by molar-refractivity contribution is 0.278. The zero-order valence-electron chi connectivity index (χ0n) is 11.3. The summed E-state index contributed by atoms with van der Waals surface area (Å²) in [7, 11) is 4.15. The van der Waals surface area contributed by atoms with Gasteiger partial charge < -0.3 is 9.64 Å². The lowest BCUT2D eigenvalue weighted by Crippen LogP contribution is -2.31. The first-order chi connectivity index (χ1) is 8.72. The summed E-state index contributed by atoms with van der Waals surface area (Å²) in [5.74, 6) is 6.75. The van der Waals surface area contributed by atoms with E-state index in [0.29, 0.717) is 0 Å². The van der Waals surface area contributed by atoms with Crippen molar-refractivity contribution in [3.05, 3.63) is 29.3 Å². The third-order valence-corrected chi connectivity index (χ3v) is 3.41. The number of para-hydroxylation sites is 1. The maximum Gasteiger partial charge on any atom is 0.127 e. The maximum absolute atomic E-state index is 5.84. The van der Waals surface area contributed by atoms with Crippen LogP contribution in [0, 0.1) is 0 Å². The zero-order chi connectivity index (χ0) is 13.0. The molecule has 0 bridgehead atoms. The summed E-state index contributed by atoms with van der Waals surface area (Å²) in [4.78, 5) is 2.17. The number of rotatable bonds is 5. The summed E-state index contributed by atoms with van der Waals surface area (Å²) in [6.07, 6.45) is 3.19. The Hall–Kier alpha value is -1.10. The van der Waals surface area contributed by atoms with E-state index in [1.807, 2.05) is 0 Å². The number of nitrogens with two attached hydrogens (primary N) is 1. The Bertz CT molecular complexity index is 393. The van der Waals surface area contributed by atoms with Crippen LogP contribution >= 0.6 is 0 Å². The van der Waals surface area contributed by atoms with Gasteiger partial charge in [-0.15, -0.1) is 0 Å². The number of hydrogen-bond acceptors (Lipinski definition) is 4. The van der Waals surface area contributed by atoms with Gasteiger partial charge in [0.05, 0.1) is 12.6 Å². The SMILES string of the molecule is CN(C)CCC(NN)c1cccc2c1OCCC2. The minimum Gasteiger partial charge on any atom is -0.493 e. The molecule has 0 saturated carbocycles. The summed E-state index contributed by atoms with van der Waals surface area (Å²) in [6.45, 7) is 1.81. The van der Waals surface area contributed by atoms with Gasteiger partial charge in [-0.05, 0) is 45.5 Å². The topological polar surface area (TPSA) is 50.5 Å². The molecule has 0 radical (unpaired) electrons. The van der Waals surface area contributed by atoms with Gasteiger partial charge in [0.2, 0.25) is 0 Å². The molecule has 0 amide bonds. The van der Waals surface area contributed by atoms with Crippen molar-refractivity contribution in [3.8, 4) is 5.75 Å². The highest BCUT2D eigenvalue weighted by molar-refractivity contribution is 5.44. The van der Waals surface area contributed by atoms with Gasteiger partial charge in [0.25, 0.3) is 0 Å². The second-order valence-corrected chi connectivity index (χ2v) is 5.10. The molecule has 1 unspecified atom stereocenters. The molecule has 4 heteroatoms. The molecule has 1 aliphatic rings. The highest BCUT2D eigenvalue weighted by Gasteiger charge is 2.20. The number of benzene rings is 1. The molecule has 1 aromatic carbocycles. The van der Waals surface area contributed by atoms with Crippen molar-refractivity contribution in [1.82, 2.24) is 10.3 Å². The maximum atomic E-state index is 5.84. The van der Waals surface area contributed by atoms with E-state index < -0.39 is 0 Å². The molecule has 0 saturated heterocycles. The van der Waals surface area contributed by atoms with Crippen LogP contribution in [0.2, 0.25) is 0 Å². The van der Waals surface area contributed by atoms with Crippen LogP contribution in [0.25, 0.3) is 0 Å². The van der Waals surface area contributed by atoms with E-state index in [1.165, 1.54) is 11.1 Å². The van der Waals surface area contributed by atoms with Crippen LogP contribution in [0.1, 0.15) is 30.0 Å². The second-order valence-electron chi connectivity index (χ2n) is 5.10. The fourth-order valence-electron chi connectivity index (χ4n) is 2.40. The number of hydrogen-bond donors (Lipinski definition) is 2. The first kappa shape index (κ1) is 13.3. The number of nitrogens with one attached hydrogen (secondary N) is 1. The van der Waals surface area contributed by atoms with Gasteiger partial charge in [0, 0.05) is 5.56 Å².